The van der Waals surface area contributed by atoms with E-state index in [0.29, 0.717) is 30.2 Å². The fourth-order valence-electron chi connectivity index (χ4n) is 4.03. The van der Waals surface area contributed by atoms with Crippen LogP contribution in [0, 0.1) is 0 Å². The van der Waals surface area contributed by atoms with Gasteiger partial charge in [0.2, 0.25) is 5.82 Å². The molecule has 33 heavy (non-hydrogen) atoms. The van der Waals surface area contributed by atoms with Gasteiger partial charge in [-0.25, -0.2) is 9.67 Å². The third-order valence-electron chi connectivity index (χ3n) is 5.80. The molecule has 2 heterocycles. The van der Waals surface area contributed by atoms with Crippen LogP contribution >= 0.6 is 11.6 Å². The highest BCUT2D eigenvalue weighted by molar-refractivity contribution is 6.30. The number of halogens is 1. The van der Waals surface area contributed by atoms with Crippen LogP contribution in [0.1, 0.15) is 34.8 Å². The van der Waals surface area contributed by atoms with Gasteiger partial charge in [0, 0.05) is 50.0 Å². The highest BCUT2D eigenvalue weighted by Crippen LogP contribution is 2.25. The van der Waals surface area contributed by atoms with E-state index < -0.39 is 5.54 Å². The number of anilines is 1. The monoisotopic (exact) mass is 466 g/mol. The minimum atomic E-state index is -0.578. The van der Waals surface area contributed by atoms with Gasteiger partial charge in [-0.1, -0.05) is 23.7 Å². The Morgan fingerprint density at radius 2 is 1.79 bits per heavy atom. The second-order valence-corrected chi connectivity index (χ2v) is 9.37. The van der Waals surface area contributed by atoms with Crippen LogP contribution in [0.4, 0.5) is 5.69 Å². The van der Waals surface area contributed by atoms with Crippen molar-refractivity contribution in [1.82, 2.24) is 24.6 Å². The summed E-state index contributed by atoms with van der Waals surface area (Å²) in [5.41, 5.74) is 1.75. The minimum Gasteiger partial charge on any atom is -0.378 e. The summed E-state index contributed by atoms with van der Waals surface area (Å²) >= 11 is 6.06. The van der Waals surface area contributed by atoms with E-state index >= 15 is 0 Å². The predicted molar refractivity (Wildman–Crippen MR) is 128 cm³/mol. The maximum atomic E-state index is 13.2. The van der Waals surface area contributed by atoms with E-state index in [1.807, 2.05) is 69.2 Å². The van der Waals surface area contributed by atoms with Gasteiger partial charge in [-0.2, -0.15) is 0 Å². The van der Waals surface area contributed by atoms with Gasteiger partial charge in [-0.3, -0.25) is 9.59 Å². The molecule has 9 heteroatoms. The van der Waals surface area contributed by atoms with Gasteiger partial charge in [-0.15, -0.1) is 5.10 Å². The summed E-state index contributed by atoms with van der Waals surface area (Å²) in [7, 11) is 3.89. The molecule has 0 unspecified atom stereocenters. The van der Waals surface area contributed by atoms with E-state index in [1.54, 1.807) is 21.9 Å². The molecular formula is C24H27ClN6O2. The number of hydrogen-bond acceptors (Lipinski definition) is 5. The normalized spacial score (nSPS) is 15.4. The standard InChI is InChI=1S/C24H27ClN6O2/c1-24(2)15-29(22(32)17-7-5-9-19(13-17)28(3)4)11-12-30(24)23(33)21-26-16-31(27-21)20-10-6-8-18(25)14-20/h5-10,13-14,16H,11-12,15H2,1-4H3. The van der Waals surface area contributed by atoms with Crippen LogP contribution in [0.2, 0.25) is 5.02 Å². The van der Waals surface area contributed by atoms with Crippen molar-refractivity contribution in [2.75, 3.05) is 38.6 Å². The van der Waals surface area contributed by atoms with Crippen molar-refractivity contribution in [1.29, 1.82) is 0 Å². The average Bonchev–Trinajstić information content (AvgIpc) is 3.28. The Balaban J connectivity index is 1.49. The first kappa shape index (κ1) is 22.8. The van der Waals surface area contributed by atoms with Gasteiger partial charge in [0.25, 0.3) is 11.8 Å². The van der Waals surface area contributed by atoms with Crippen molar-refractivity contribution in [2.24, 2.45) is 0 Å². The van der Waals surface area contributed by atoms with Gasteiger partial charge < -0.3 is 14.7 Å². The first-order valence-electron chi connectivity index (χ1n) is 10.7. The van der Waals surface area contributed by atoms with E-state index in [1.165, 1.54) is 11.0 Å². The van der Waals surface area contributed by atoms with E-state index in [4.69, 9.17) is 11.6 Å². The Morgan fingerprint density at radius 3 is 2.48 bits per heavy atom. The van der Waals surface area contributed by atoms with Crippen LogP contribution in [-0.2, 0) is 0 Å². The molecular weight excluding hydrogens is 440 g/mol. The number of rotatable bonds is 4. The molecule has 1 aliphatic rings. The molecule has 1 aliphatic heterocycles. The van der Waals surface area contributed by atoms with Crippen molar-refractivity contribution in [2.45, 2.75) is 19.4 Å². The molecule has 1 aromatic heterocycles. The Bertz CT molecular complexity index is 1190. The Morgan fingerprint density at radius 1 is 1.03 bits per heavy atom. The van der Waals surface area contributed by atoms with Crippen LogP contribution in [0.25, 0.3) is 5.69 Å². The fraction of sp³-hybridized carbons (Fsp3) is 0.333. The van der Waals surface area contributed by atoms with E-state index in [-0.39, 0.29) is 17.6 Å². The van der Waals surface area contributed by atoms with Crippen LogP contribution in [0.3, 0.4) is 0 Å². The highest BCUT2D eigenvalue weighted by Gasteiger charge is 2.40. The molecule has 2 amide bonds. The molecule has 4 rings (SSSR count). The van der Waals surface area contributed by atoms with Gasteiger partial charge >= 0.3 is 0 Å². The Hall–Kier alpha value is -3.39. The van der Waals surface area contributed by atoms with Crippen LogP contribution in [0.15, 0.2) is 54.9 Å². The minimum absolute atomic E-state index is 0.0396. The molecule has 1 saturated heterocycles. The van der Waals surface area contributed by atoms with Gasteiger partial charge in [0.05, 0.1) is 11.2 Å². The van der Waals surface area contributed by atoms with E-state index in [0.717, 1.165) is 11.4 Å². The molecule has 0 aliphatic carbocycles. The summed E-state index contributed by atoms with van der Waals surface area (Å²) in [6.07, 6.45) is 1.50. The summed E-state index contributed by atoms with van der Waals surface area (Å²) in [6, 6.07) is 14.7. The summed E-state index contributed by atoms with van der Waals surface area (Å²) in [5, 5.41) is 4.94. The van der Waals surface area contributed by atoms with Crippen molar-refractivity contribution < 1.29 is 9.59 Å². The van der Waals surface area contributed by atoms with Gasteiger partial charge in [0.1, 0.15) is 6.33 Å². The number of nitrogens with zero attached hydrogens (tertiary/aromatic N) is 6. The third-order valence-corrected chi connectivity index (χ3v) is 6.03. The number of piperazine rings is 1. The van der Waals surface area contributed by atoms with Crippen molar-refractivity contribution in [3.05, 3.63) is 71.3 Å². The first-order valence-corrected chi connectivity index (χ1v) is 11.1. The summed E-state index contributed by atoms with van der Waals surface area (Å²) < 4.78 is 1.53. The molecule has 0 N–H and O–H groups in total. The molecule has 1 fully saturated rings. The fourth-order valence-corrected chi connectivity index (χ4v) is 4.21. The third kappa shape index (κ3) is 4.71. The number of aromatic nitrogens is 3. The molecule has 0 bridgehead atoms. The number of carbonyl (C=O) groups excluding carboxylic acids is 2. The summed E-state index contributed by atoms with van der Waals surface area (Å²) in [4.78, 5) is 36.1. The second-order valence-electron chi connectivity index (χ2n) is 8.93. The SMILES string of the molecule is CN(C)c1cccc(C(=O)N2CCN(C(=O)c3ncn(-c4cccc(Cl)c4)n3)C(C)(C)C2)c1. The highest BCUT2D eigenvalue weighted by atomic mass is 35.5. The molecule has 3 aromatic rings. The van der Waals surface area contributed by atoms with E-state index in [9.17, 15) is 9.59 Å². The quantitative estimate of drug-likeness (QED) is 0.589. The summed E-state index contributed by atoms with van der Waals surface area (Å²) in [5.74, 6) is -0.189. The molecule has 0 radical (unpaired) electrons. The van der Waals surface area contributed by atoms with Crippen molar-refractivity contribution >= 4 is 29.1 Å². The molecule has 172 valence electrons. The molecule has 8 nitrogen and oxygen atoms in total. The number of hydrogen-bond donors (Lipinski definition) is 0. The average molecular weight is 467 g/mol. The molecule has 2 aromatic carbocycles. The zero-order valence-corrected chi connectivity index (χ0v) is 20.0. The Labute approximate surface area is 198 Å². The lowest BCUT2D eigenvalue weighted by Crippen LogP contribution is -2.62. The largest absolute Gasteiger partial charge is 0.378 e. The zero-order chi connectivity index (χ0) is 23.8. The van der Waals surface area contributed by atoms with E-state index in [2.05, 4.69) is 10.1 Å². The van der Waals surface area contributed by atoms with Crippen molar-refractivity contribution in [3.63, 3.8) is 0 Å². The van der Waals surface area contributed by atoms with Crippen molar-refractivity contribution in [3.8, 4) is 5.69 Å². The van der Waals surface area contributed by atoms with Crippen LogP contribution in [0.5, 0.6) is 0 Å². The number of carbonyl (C=O) groups is 2. The smallest absolute Gasteiger partial charge is 0.294 e. The first-order chi connectivity index (χ1) is 15.7. The van der Waals surface area contributed by atoms with Crippen LogP contribution < -0.4 is 4.90 Å². The lowest BCUT2D eigenvalue weighted by atomic mass is 9.97. The maximum absolute atomic E-state index is 13.2. The molecule has 0 saturated carbocycles. The zero-order valence-electron chi connectivity index (χ0n) is 19.2. The molecule has 0 spiro atoms. The maximum Gasteiger partial charge on any atom is 0.294 e. The Kier molecular flexibility index (Phi) is 6.12. The lowest BCUT2D eigenvalue weighted by Gasteiger charge is -2.46. The second kappa shape index (κ2) is 8.86. The number of benzene rings is 2. The van der Waals surface area contributed by atoms with Gasteiger partial charge in [-0.05, 0) is 50.2 Å². The summed E-state index contributed by atoms with van der Waals surface area (Å²) in [6.45, 7) is 5.16. The number of amides is 2. The van der Waals surface area contributed by atoms with Crippen LogP contribution in [-0.4, -0.2) is 75.6 Å². The topological polar surface area (TPSA) is 74.6 Å². The predicted octanol–water partition coefficient (Wildman–Crippen LogP) is 3.36. The molecule has 0 atom stereocenters. The van der Waals surface area contributed by atoms with Gasteiger partial charge in [0.15, 0.2) is 0 Å². The lowest BCUT2D eigenvalue weighted by molar-refractivity contribution is 0.0160.